The van der Waals surface area contributed by atoms with Crippen LogP contribution < -0.4 is 21.3 Å². The molecule has 0 aliphatic heterocycles. The number of H-pyrrole nitrogens is 1. The second-order valence-electron chi connectivity index (χ2n) is 6.87. The average Bonchev–Trinajstić information content (AvgIpc) is 2.78. The third kappa shape index (κ3) is 5.24. The number of rotatable bonds is 6. The van der Waals surface area contributed by atoms with Gasteiger partial charge in [-0.15, -0.1) is 4.68 Å². The summed E-state index contributed by atoms with van der Waals surface area (Å²) in [5, 5.41) is 6.87. The summed E-state index contributed by atoms with van der Waals surface area (Å²) in [6.45, 7) is -0.352. The second-order valence-corrected chi connectivity index (χ2v) is 7.78. The normalized spacial score (nSPS) is 11.1. The average molecular weight is 511 g/mol. The molecule has 4 rings (SSSR count). The van der Waals surface area contributed by atoms with E-state index in [1.807, 2.05) is 0 Å². The molecule has 0 aliphatic rings. The van der Waals surface area contributed by atoms with Crippen LogP contribution in [-0.4, -0.2) is 28.4 Å². The minimum Gasteiger partial charge on any atom is -0.483 e. The van der Waals surface area contributed by atoms with Crippen molar-refractivity contribution in [3.8, 4) is 5.75 Å². The molecule has 0 atom stereocenters. The Labute approximate surface area is 194 Å². The number of aromatic amines is 1. The number of halogens is 2. The van der Waals surface area contributed by atoms with Crippen molar-refractivity contribution < 1.29 is 13.9 Å². The van der Waals surface area contributed by atoms with Crippen LogP contribution in [0.3, 0.4) is 0 Å². The van der Waals surface area contributed by atoms with E-state index in [9.17, 15) is 18.8 Å². The van der Waals surface area contributed by atoms with Gasteiger partial charge in [0.15, 0.2) is 6.61 Å². The Morgan fingerprint density at radius 3 is 2.76 bits per heavy atom. The molecule has 2 N–H and O–H groups in total. The van der Waals surface area contributed by atoms with Crippen LogP contribution in [0.5, 0.6) is 5.75 Å². The molecule has 4 aromatic rings. The summed E-state index contributed by atoms with van der Waals surface area (Å²) >= 11 is 3.35. The van der Waals surface area contributed by atoms with Gasteiger partial charge in [0.25, 0.3) is 11.5 Å². The third-order valence-electron chi connectivity index (χ3n) is 4.54. The van der Waals surface area contributed by atoms with Crippen molar-refractivity contribution in [2.24, 2.45) is 5.10 Å². The zero-order valence-electron chi connectivity index (χ0n) is 16.9. The minimum atomic E-state index is -0.693. The fourth-order valence-electron chi connectivity index (χ4n) is 3.04. The monoisotopic (exact) mass is 510 g/mol. The number of nitrogens with zero attached hydrogens (tertiary/aromatic N) is 2. The zero-order chi connectivity index (χ0) is 23.4. The SMILES string of the molecule is O=C(COc1ccc(Br)cc1C=Nn1c(=O)[nH]c2ccccc2c1=O)Nc1cccc(F)c1. The fraction of sp³-hybridized carbons (Fsp3) is 0.0435. The fourth-order valence-corrected chi connectivity index (χ4v) is 3.41. The number of hydrogen-bond acceptors (Lipinski definition) is 5. The summed E-state index contributed by atoms with van der Waals surface area (Å²) in [5.41, 5.74) is -0.132. The van der Waals surface area contributed by atoms with Crippen molar-refractivity contribution in [1.82, 2.24) is 9.66 Å². The summed E-state index contributed by atoms with van der Waals surface area (Å²) < 4.78 is 20.3. The van der Waals surface area contributed by atoms with Crippen molar-refractivity contribution in [3.63, 3.8) is 0 Å². The Bertz CT molecular complexity index is 1500. The summed E-state index contributed by atoms with van der Waals surface area (Å²) in [5.74, 6) is -0.672. The van der Waals surface area contributed by atoms with Gasteiger partial charge in [0.1, 0.15) is 11.6 Å². The van der Waals surface area contributed by atoms with Gasteiger partial charge in [0, 0.05) is 15.7 Å². The van der Waals surface area contributed by atoms with Crippen molar-refractivity contribution in [2.75, 3.05) is 11.9 Å². The van der Waals surface area contributed by atoms with Gasteiger partial charge < -0.3 is 15.0 Å². The number of aromatic nitrogens is 2. The second kappa shape index (κ2) is 9.61. The number of hydrogen-bond donors (Lipinski definition) is 2. The smallest absolute Gasteiger partial charge is 0.349 e. The van der Waals surface area contributed by atoms with E-state index in [1.165, 1.54) is 24.4 Å². The molecule has 8 nitrogen and oxygen atoms in total. The topological polar surface area (TPSA) is 106 Å². The number of carbonyl (C=O) groups is 1. The van der Waals surface area contributed by atoms with Crippen molar-refractivity contribution in [3.05, 3.63) is 103 Å². The van der Waals surface area contributed by atoms with Crippen LogP contribution in [0.1, 0.15) is 5.56 Å². The molecular formula is C23H16BrFN4O4. The van der Waals surface area contributed by atoms with E-state index >= 15 is 0 Å². The van der Waals surface area contributed by atoms with Crippen LogP contribution in [0.15, 0.2) is 85.9 Å². The first-order chi connectivity index (χ1) is 15.9. The summed E-state index contributed by atoms with van der Waals surface area (Å²) in [4.78, 5) is 39.7. The van der Waals surface area contributed by atoms with Gasteiger partial charge in [-0.05, 0) is 48.5 Å². The van der Waals surface area contributed by atoms with E-state index in [0.29, 0.717) is 37.1 Å². The Kier molecular flexibility index (Phi) is 6.45. The highest BCUT2D eigenvalue weighted by Gasteiger charge is 2.09. The van der Waals surface area contributed by atoms with Gasteiger partial charge in [0.05, 0.1) is 17.1 Å². The number of anilines is 1. The molecule has 0 unspecified atom stereocenters. The van der Waals surface area contributed by atoms with Crippen LogP contribution in [0.2, 0.25) is 0 Å². The third-order valence-corrected chi connectivity index (χ3v) is 5.03. The maximum atomic E-state index is 13.3. The number of benzene rings is 3. The molecule has 1 aromatic heterocycles. The quantitative estimate of drug-likeness (QED) is 0.387. The maximum absolute atomic E-state index is 13.3. The predicted molar refractivity (Wildman–Crippen MR) is 126 cm³/mol. The molecule has 0 aliphatic carbocycles. The summed E-state index contributed by atoms with van der Waals surface area (Å²) in [6.07, 6.45) is 1.29. The Morgan fingerprint density at radius 1 is 1.12 bits per heavy atom. The summed E-state index contributed by atoms with van der Waals surface area (Å²) in [6, 6.07) is 17.1. The van der Waals surface area contributed by atoms with Crippen LogP contribution >= 0.6 is 15.9 Å². The molecule has 0 radical (unpaired) electrons. The lowest BCUT2D eigenvalue weighted by atomic mass is 10.2. The highest BCUT2D eigenvalue weighted by atomic mass is 79.9. The lowest BCUT2D eigenvalue weighted by molar-refractivity contribution is -0.118. The van der Waals surface area contributed by atoms with Crippen molar-refractivity contribution in [1.29, 1.82) is 0 Å². The van der Waals surface area contributed by atoms with E-state index in [2.05, 4.69) is 31.3 Å². The lowest BCUT2D eigenvalue weighted by Crippen LogP contribution is -2.32. The van der Waals surface area contributed by atoms with Gasteiger partial charge in [-0.25, -0.2) is 9.18 Å². The van der Waals surface area contributed by atoms with Crippen LogP contribution in [0.25, 0.3) is 10.9 Å². The molecule has 0 fully saturated rings. The lowest BCUT2D eigenvalue weighted by Gasteiger charge is -2.10. The van der Waals surface area contributed by atoms with Gasteiger partial charge in [-0.3, -0.25) is 9.59 Å². The van der Waals surface area contributed by atoms with E-state index in [4.69, 9.17) is 4.74 Å². The molecule has 1 amide bonds. The summed E-state index contributed by atoms with van der Waals surface area (Å²) in [7, 11) is 0. The first-order valence-corrected chi connectivity index (χ1v) is 10.5. The number of ether oxygens (including phenoxy) is 1. The number of para-hydroxylation sites is 1. The number of carbonyl (C=O) groups excluding carboxylic acids is 1. The maximum Gasteiger partial charge on any atom is 0.349 e. The van der Waals surface area contributed by atoms with Crippen molar-refractivity contribution >= 4 is 44.6 Å². The molecule has 0 saturated carbocycles. The minimum absolute atomic E-state index is 0.293. The standard InChI is InChI=1S/C23H16BrFN4O4/c24-15-8-9-20(33-13-21(30)27-17-5-3-4-16(25)11-17)14(10-15)12-26-29-22(31)18-6-1-2-7-19(18)28-23(29)32/h1-12H,13H2,(H,27,30)(H,28,32). The van der Waals surface area contributed by atoms with Crippen LogP contribution in [0, 0.1) is 5.82 Å². The molecule has 166 valence electrons. The molecule has 0 bridgehead atoms. The Balaban J connectivity index is 1.56. The molecular weight excluding hydrogens is 495 g/mol. The highest BCUT2D eigenvalue weighted by molar-refractivity contribution is 9.10. The molecule has 1 heterocycles. The predicted octanol–water partition coefficient (Wildman–Crippen LogP) is 3.49. The Hall–Kier alpha value is -4.05. The van der Waals surface area contributed by atoms with E-state index in [1.54, 1.807) is 48.5 Å². The zero-order valence-corrected chi connectivity index (χ0v) is 18.5. The Morgan fingerprint density at radius 2 is 1.94 bits per heavy atom. The van der Waals surface area contributed by atoms with Crippen molar-refractivity contribution in [2.45, 2.75) is 0 Å². The first-order valence-electron chi connectivity index (χ1n) is 9.67. The molecule has 3 aromatic carbocycles. The van der Waals surface area contributed by atoms with E-state index in [-0.39, 0.29) is 6.61 Å². The van der Waals surface area contributed by atoms with E-state index in [0.717, 1.165) is 0 Å². The van der Waals surface area contributed by atoms with Gasteiger partial charge >= 0.3 is 5.69 Å². The van der Waals surface area contributed by atoms with E-state index < -0.39 is 23.0 Å². The largest absolute Gasteiger partial charge is 0.483 e. The van der Waals surface area contributed by atoms with Crippen LogP contribution in [0.4, 0.5) is 10.1 Å². The van der Waals surface area contributed by atoms with Gasteiger partial charge in [0.2, 0.25) is 0 Å². The van der Waals surface area contributed by atoms with Gasteiger partial charge in [-0.1, -0.05) is 34.1 Å². The molecule has 0 saturated heterocycles. The number of nitrogens with one attached hydrogen (secondary N) is 2. The number of amides is 1. The molecule has 33 heavy (non-hydrogen) atoms. The van der Waals surface area contributed by atoms with Crippen LogP contribution in [-0.2, 0) is 4.79 Å². The molecule has 10 heteroatoms. The highest BCUT2D eigenvalue weighted by Crippen LogP contribution is 2.22. The first kappa shape index (κ1) is 22.2. The number of fused-ring (bicyclic) bond motifs is 1. The van der Waals surface area contributed by atoms with Gasteiger partial charge in [-0.2, -0.15) is 5.10 Å². The molecule has 0 spiro atoms.